The predicted octanol–water partition coefficient (Wildman–Crippen LogP) is 4.44. The fourth-order valence-electron chi connectivity index (χ4n) is 2.83. The molecule has 8 nitrogen and oxygen atoms in total. The fraction of sp³-hybridized carbons (Fsp3) is 0.150. The standard InChI is InChI=1S/C20H16ClN3O5/c1-13-6-7-14(8-18(13)24(26)27)16(10-28-12-25)15-9-22-11-23-20(15)29-19-5-3-2-4-17(19)21/h2-9,11-12,16H,10H2,1H3. The first-order valence-electron chi connectivity index (χ1n) is 8.53. The van der Waals surface area contributed by atoms with E-state index in [1.165, 1.54) is 18.6 Å². The van der Waals surface area contributed by atoms with Crippen LogP contribution in [0.2, 0.25) is 5.02 Å². The predicted molar refractivity (Wildman–Crippen MR) is 105 cm³/mol. The Bertz CT molecular complexity index is 1040. The van der Waals surface area contributed by atoms with Gasteiger partial charge in [0.15, 0.2) is 0 Å². The molecular weight excluding hydrogens is 398 g/mol. The van der Waals surface area contributed by atoms with Gasteiger partial charge in [-0.25, -0.2) is 9.97 Å². The minimum atomic E-state index is -0.585. The quantitative estimate of drug-likeness (QED) is 0.305. The van der Waals surface area contributed by atoms with Crippen LogP contribution in [0.15, 0.2) is 55.0 Å². The lowest BCUT2D eigenvalue weighted by Gasteiger charge is -2.19. The number of nitro benzene ring substituents is 1. The normalized spacial score (nSPS) is 11.5. The van der Waals surface area contributed by atoms with Gasteiger partial charge in [0.25, 0.3) is 12.2 Å². The summed E-state index contributed by atoms with van der Waals surface area (Å²) in [5.41, 5.74) is 1.53. The van der Waals surface area contributed by atoms with E-state index in [4.69, 9.17) is 21.1 Å². The lowest BCUT2D eigenvalue weighted by atomic mass is 9.92. The van der Waals surface area contributed by atoms with Gasteiger partial charge in [0.2, 0.25) is 5.88 Å². The van der Waals surface area contributed by atoms with Crippen molar-refractivity contribution in [3.63, 3.8) is 0 Å². The Morgan fingerprint density at radius 1 is 1.28 bits per heavy atom. The molecule has 0 bridgehead atoms. The average Bonchev–Trinajstić information content (AvgIpc) is 2.72. The molecule has 29 heavy (non-hydrogen) atoms. The van der Waals surface area contributed by atoms with Crippen LogP contribution in [0.25, 0.3) is 0 Å². The van der Waals surface area contributed by atoms with Crippen LogP contribution in [0.3, 0.4) is 0 Å². The third kappa shape index (κ3) is 4.67. The molecular formula is C20H16ClN3O5. The van der Waals surface area contributed by atoms with Gasteiger partial charge in [0.05, 0.1) is 15.9 Å². The maximum absolute atomic E-state index is 11.3. The molecule has 0 radical (unpaired) electrons. The van der Waals surface area contributed by atoms with Crippen LogP contribution < -0.4 is 4.74 Å². The summed E-state index contributed by atoms with van der Waals surface area (Å²) < 4.78 is 10.8. The summed E-state index contributed by atoms with van der Waals surface area (Å²) >= 11 is 6.17. The number of carbonyl (C=O) groups excluding carboxylic acids is 1. The van der Waals surface area contributed by atoms with E-state index in [9.17, 15) is 14.9 Å². The van der Waals surface area contributed by atoms with Gasteiger partial charge in [0.1, 0.15) is 18.7 Å². The SMILES string of the molecule is Cc1ccc(C(COC=O)c2cncnc2Oc2ccccc2Cl)cc1[N+](=O)[O-]. The molecule has 2 aromatic carbocycles. The first kappa shape index (κ1) is 20.2. The van der Waals surface area contributed by atoms with Gasteiger partial charge in [0, 0.05) is 23.4 Å². The molecule has 0 aliphatic heterocycles. The van der Waals surface area contributed by atoms with Crippen molar-refractivity contribution in [3.05, 3.63) is 86.8 Å². The molecule has 3 aromatic rings. The van der Waals surface area contributed by atoms with Crippen LogP contribution in [-0.2, 0) is 9.53 Å². The molecule has 148 valence electrons. The Morgan fingerprint density at radius 3 is 2.79 bits per heavy atom. The Labute approximate surface area is 171 Å². The van der Waals surface area contributed by atoms with Crippen LogP contribution >= 0.6 is 11.6 Å². The van der Waals surface area contributed by atoms with Crippen molar-refractivity contribution in [3.8, 4) is 11.6 Å². The third-order valence-corrected chi connectivity index (χ3v) is 4.60. The molecule has 3 rings (SSSR count). The van der Waals surface area contributed by atoms with Gasteiger partial charge >= 0.3 is 0 Å². The van der Waals surface area contributed by atoms with E-state index in [0.29, 0.717) is 33.9 Å². The zero-order valence-electron chi connectivity index (χ0n) is 15.3. The smallest absolute Gasteiger partial charge is 0.293 e. The van der Waals surface area contributed by atoms with Gasteiger partial charge < -0.3 is 9.47 Å². The molecule has 1 aromatic heterocycles. The van der Waals surface area contributed by atoms with E-state index in [1.54, 1.807) is 43.3 Å². The van der Waals surface area contributed by atoms with Crippen molar-refractivity contribution in [2.24, 2.45) is 0 Å². The number of aryl methyl sites for hydroxylation is 1. The van der Waals surface area contributed by atoms with Gasteiger partial charge in [-0.15, -0.1) is 0 Å². The summed E-state index contributed by atoms with van der Waals surface area (Å²) in [5, 5.41) is 11.7. The van der Waals surface area contributed by atoms with E-state index < -0.39 is 10.8 Å². The number of aromatic nitrogens is 2. The Balaban J connectivity index is 2.06. The summed E-state index contributed by atoms with van der Waals surface area (Å²) in [6.07, 6.45) is 2.83. The third-order valence-electron chi connectivity index (χ3n) is 4.28. The number of benzene rings is 2. The van der Waals surface area contributed by atoms with Crippen molar-refractivity contribution in [2.75, 3.05) is 6.61 Å². The molecule has 1 heterocycles. The molecule has 0 fully saturated rings. The highest BCUT2D eigenvalue weighted by molar-refractivity contribution is 6.32. The highest BCUT2D eigenvalue weighted by atomic mass is 35.5. The number of para-hydroxylation sites is 1. The fourth-order valence-corrected chi connectivity index (χ4v) is 3.00. The molecule has 0 saturated heterocycles. The summed E-state index contributed by atoms with van der Waals surface area (Å²) in [5.74, 6) is 0.00748. The monoisotopic (exact) mass is 413 g/mol. The van der Waals surface area contributed by atoms with Crippen LogP contribution in [0, 0.1) is 17.0 Å². The molecule has 0 aliphatic rings. The van der Waals surface area contributed by atoms with Gasteiger partial charge in [-0.05, 0) is 24.6 Å². The molecule has 0 amide bonds. The zero-order valence-corrected chi connectivity index (χ0v) is 16.1. The van der Waals surface area contributed by atoms with Crippen molar-refractivity contribution in [1.29, 1.82) is 0 Å². The van der Waals surface area contributed by atoms with E-state index in [-0.39, 0.29) is 18.2 Å². The number of hydrogen-bond acceptors (Lipinski definition) is 7. The number of ether oxygens (including phenoxy) is 2. The number of halogens is 1. The summed E-state index contributed by atoms with van der Waals surface area (Å²) in [6, 6.07) is 11.7. The summed E-state index contributed by atoms with van der Waals surface area (Å²) in [6.45, 7) is 1.89. The van der Waals surface area contributed by atoms with Crippen molar-refractivity contribution >= 4 is 23.8 Å². The second-order valence-electron chi connectivity index (χ2n) is 6.10. The summed E-state index contributed by atoms with van der Waals surface area (Å²) in [4.78, 5) is 29.9. The largest absolute Gasteiger partial charge is 0.467 e. The lowest BCUT2D eigenvalue weighted by Crippen LogP contribution is -2.12. The van der Waals surface area contributed by atoms with E-state index in [0.717, 1.165) is 0 Å². The summed E-state index contributed by atoms with van der Waals surface area (Å²) in [7, 11) is 0. The molecule has 1 atom stereocenters. The molecule has 0 N–H and O–H groups in total. The maximum atomic E-state index is 11.3. The number of carbonyl (C=O) groups is 1. The van der Waals surface area contributed by atoms with E-state index >= 15 is 0 Å². The van der Waals surface area contributed by atoms with Crippen LogP contribution in [0.1, 0.15) is 22.6 Å². The first-order chi connectivity index (χ1) is 14.0. The van der Waals surface area contributed by atoms with Crippen LogP contribution in [0.5, 0.6) is 11.6 Å². The van der Waals surface area contributed by atoms with E-state index in [2.05, 4.69) is 9.97 Å². The Kier molecular flexibility index (Phi) is 6.36. The van der Waals surface area contributed by atoms with Crippen molar-refractivity contribution in [2.45, 2.75) is 12.8 Å². The second-order valence-corrected chi connectivity index (χ2v) is 6.51. The highest BCUT2D eigenvalue weighted by Gasteiger charge is 2.24. The molecule has 0 spiro atoms. The number of nitro groups is 1. The molecule has 0 saturated carbocycles. The lowest BCUT2D eigenvalue weighted by molar-refractivity contribution is -0.385. The second kappa shape index (κ2) is 9.11. The van der Waals surface area contributed by atoms with Crippen molar-refractivity contribution in [1.82, 2.24) is 9.97 Å². The molecule has 0 aliphatic carbocycles. The average molecular weight is 414 g/mol. The van der Waals surface area contributed by atoms with E-state index in [1.807, 2.05) is 0 Å². The Morgan fingerprint density at radius 2 is 2.07 bits per heavy atom. The number of nitrogens with zero attached hydrogens (tertiary/aromatic N) is 3. The molecule has 1 unspecified atom stereocenters. The minimum Gasteiger partial charge on any atom is -0.467 e. The van der Waals surface area contributed by atoms with Gasteiger partial charge in [-0.3, -0.25) is 14.9 Å². The number of hydrogen-bond donors (Lipinski definition) is 0. The van der Waals surface area contributed by atoms with Gasteiger partial charge in [-0.1, -0.05) is 35.9 Å². The Hall–Kier alpha value is -3.52. The van der Waals surface area contributed by atoms with Crippen LogP contribution in [-0.4, -0.2) is 28.0 Å². The van der Waals surface area contributed by atoms with Gasteiger partial charge in [-0.2, -0.15) is 0 Å². The number of rotatable bonds is 8. The minimum absolute atomic E-state index is 0.0379. The van der Waals surface area contributed by atoms with Crippen LogP contribution in [0.4, 0.5) is 5.69 Å². The molecule has 9 heteroatoms. The highest BCUT2D eigenvalue weighted by Crippen LogP contribution is 2.36. The first-order valence-corrected chi connectivity index (χ1v) is 8.91. The van der Waals surface area contributed by atoms with Crippen molar-refractivity contribution < 1.29 is 19.2 Å². The zero-order chi connectivity index (χ0) is 20.8. The topological polar surface area (TPSA) is 104 Å². The maximum Gasteiger partial charge on any atom is 0.293 e.